The maximum atomic E-state index is 12.0. The van der Waals surface area contributed by atoms with Crippen molar-refractivity contribution in [2.24, 2.45) is 0 Å². The van der Waals surface area contributed by atoms with Crippen LogP contribution in [0.3, 0.4) is 0 Å². The fraction of sp³-hybridized carbons (Fsp3) is 0.235. The molecule has 6 heteroatoms. The van der Waals surface area contributed by atoms with Crippen molar-refractivity contribution in [1.29, 1.82) is 0 Å². The van der Waals surface area contributed by atoms with Crippen LogP contribution in [-0.4, -0.2) is 35.4 Å². The number of aromatic nitrogens is 1. The van der Waals surface area contributed by atoms with Gasteiger partial charge < -0.3 is 15.5 Å². The van der Waals surface area contributed by atoms with E-state index in [0.717, 1.165) is 11.1 Å². The van der Waals surface area contributed by atoms with Crippen LogP contribution >= 0.6 is 0 Å². The van der Waals surface area contributed by atoms with E-state index in [1.807, 2.05) is 37.3 Å². The smallest absolute Gasteiger partial charge is 0.319 e. The minimum atomic E-state index is -0.404. The normalized spacial score (nSPS) is 10.0. The minimum Gasteiger partial charge on any atom is -0.340 e. The zero-order valence-corrected chi connectivity index (χ0v) is 13.2. The van der Waals surface area contributed by atoms with Crippen molar-refractivity contribution in [3.8, 4) is 0 Å². The number of nitrogens with zero attached hydrogens (tertiary/aromatic N) is 2. The van der Waals surface area contributed by atoms with Crippen molar-refractivity contribution in [1.82, 2.24) is 15.2 Å². The number of hydrogen-bond donors (Lipinski definition) is 2. The van der Waals surface area contributed by atoms with Gasteiger partial charge in [-0.15, -0.1) is 0 Å². The second-order valence-electron chi connectivity index (χ2n) is 5.29. The Kier molecular flexibility index (Phi) is 5.68. The van der Waals surface area contributed by atoms with Crippen molar-refractivity contribution in [3.05, 3.63) is 59.9 Å². The molecule has 2 rings (SSSR count). The highest BCUT2D eigenvalue weighted by molar-refractivity contribution is 5.92. The van der Waals surface area contributed by atoms with Crippen LogP contribution in [0.2, 0.25) is 0 Å². The lowest BCUT2D eigenvalue weighted by atomic mass is 10.2. The van der Waals surface area contributed by atoms with Gasteiger partial charge in [0.2, 0.25) is 5.91 Å². The minimum absolute atomic E-state index is 0.0611. The first-order chi connectivity index (χ1) is 11.0. The quantitative estimate of drug-likeness (QED) is 0.888. The maximum absolute atomic E-state index is 12.0. The van der Waals surface area contributed by atoms with Gasteiger partial charge in [0.15, 0.2) is 0 Å². The summed E-state index contributed by atoms with van der Waals surface area (Å²) in [5.41, 5.74) is 2.68. The number of urea groups is 1. The molecule has 2 N–H and O–H groups in total. The van der Waals surface area contributed by atoms with Crippen molar-refractivity contribution in [2.75, 3.05) is 18.9 Å². The molecule has 0 bridgehead atoms. The van der Waals surface area contributed by atoms with E-state index in [1.165, 1.54) is 0 Å². The number of amides is 3. The van der Waals surface area contributed by atoms with Crippen LogP contribution in [0.25, 0.3) is 0 Å². The molecule has 2 aromatic rings. The predicted molar refractivity (Wildman–Crippen MR) is 88.9 cm³/mol. The van der Waals surface area contributed by atoms with Gasteiger partial charge in [-0.3, -0.25) is 9.78 Å². The lowest BCUT2D eigenvalue weighted by molar-refractivity contribution is -0.129. The summed E-state index contributed by atoms with van der Waals surface area (Å²) in [6.07, 6.45) is 3.39. The van der Waals surface area contributed by atoms with Crippen LogP contribution in [0, 0.1) is 6.92 Å². The molecule has 0 fully saturated rings. The summed E-state index contributed by atoms with van der Waals surface area (Å²) in [6.45, 7) is 2.34. The Morgan fingerprint density at radius 1 is 1.22 bits per heavy atom. The van der Waals surface area contributed by atoms with E-state index in [9.17, 15) is 9.59 Å². The lowest BCUT2D eigenvalue weighted by Crippen LogP contribution is -2.39. The average molecular weight is 312 g/mol. The molecule has 0 aliphatic carbocycles. The summed E-state index contributed by atoms with van der Waals surface area (Å²) in [6, 6.07) is 10.8. The zero-order valence-electron chi connectivity index (χ0n) is 13.2. The van der Waals surface area contributed by atoms with Gasteiger partial charge in [0.05, 0.1) is 6.54 Å². The van der Waals surface area contributed by atoms with Gasteiger partial charge in [-0.05, 0) is 36.2 Å². The van der Waals surface area contributed by atoms with E-state index in [0.29, 0.717) is 12.2 Å². The van der Waals surface area contributed by atoms with Crippen molar-refractivity contribution in [3.63, 3.8) is 0 Å². The number of pyridine rings is 1. The number of nitrogens with one attached hydrogen (secondary N) is 2. The SMILES string of the molecule is Cc1cccc(NC(=O)NCC(=O)N(C)Cc2cccnc2)c1. The highest BCUT2D eigenvalue weighted by atomic mass is 16.2. The standard InChI is InChI=1S/C17H20N4O2/c1-13-5-3-7-15(9-13)20-17(23)19-11-16(22)21(2)12-14-6-4-8-18-10-14/h3-10H,11-12H2,1-2H3,(H2,19,20,23). The highest BCUT2D eigenvalue weighted by Gasteiger charge is 2.11. The lowest BCUT2D eigenvalue weighted by Gasteiger charge is -2.17. The van der Waals surface area contributed by atoms with Gasteiger partial charge in [0.25, 0.3) is 0 Å². The Labute approximate surface area is 135 Å². The monoisotopic (exact) mass is 312 g/mol. The molecule has 120 valence electrons. The van der Waals surface area contributed by atoms with Crippen LogP contribution in [0.5, 0.6) is 0 Å². The summed E-state index contributed by atoms with van der Waals surface area (Å²) < 4.78 is 0. The summed E-state index contributed by atoms with van der Waals surface area (Å²) in [4.78, 5) is 29.4. The first kappa shape index (κ1) is 16.5. The third kappa shape index (κ3) is 5.43. The second kappa shape index (κ2) is 7.93. The summed E-state index contributed by atoms with van der Waals surface area (Å²) in [5.74, 6) is -0.173. The van der Waals surface area contributed by atoms with Crippen LogP contribution < -0.4 is 10.6 Å². The van der Waals surface area contributed by atoms with E-state index >= 15 is 0 Å². The predicted octanol–water partition coefficient (Wildman–Crippen LogP) is 2.17. The van der Waals surface area contributed by atoms with E-state index in [1.54, 1.807) is 30.4 Å². The molecule has 1 aromatic heterocycles. The number of benzene rings is 1. The van der Waals surface area contributed by atoms with Crippen LogP contribution in [0.15, 0.2) is 48.8 Å². The van der Waals surface area contributed by atoms with E-state index in [2.05, 4.69) is 15.6 Å². The van der Waals surface area contributed by atoms with Crippen LogP contribution in [-0.2, 0) is 11.3 Å². The molecule has 0 saturated heterocycles. The third-order valence-corrected chi connectivity index (χ3v) is 3.24. The fourth-order valence-electron chi connectivity index (χ4n) is 2.04. The third-order valence-electron chi connectivity index (χ3n) is 3.24. The van der Waals surface area contributed by atoms with Gasteiger partial charge in [0, 0.05) is 31.7 Å². The largest absolute Gasteiger partial charge is 0.340 e. The number of aryl methyl sites for hydroxylation is 1. The molecular weight excluding hydrogens is 292 g/mol. The van der Waals surface area contributed by atoms with Gasteiger partial charge in [0.1, 0.15) is 0 Å². The molecule has 0 atom stereocenters. The second-order valence-corrected chi connectivity index (χ2v) is 5.29. The van der Waals surface area contributed by atoms with E-state index in [-0.39, 0.29) is 12.5 Å². The van der Waals surface area contributed by atoms with Crippen LogP contribution in [0.4, 0.5) is 10.5 Å². The first-order valence-electron chi connectivity index (χ1n) is 7.29. The summed E-state index contributed by atoms with van der Waals surface area (Å²) >= 11 is 0. The number of likely N-dealkylation sites (N-methyl/N-ethyl adjacent to an activating group) is 1. The molecule has 23 heavy (non-hydrogen) atoms. The molecule has 1 aromatic carbocycles. The number of carbonyl (C=O) groups excluding carboxylic acids is 2. The Morgan fingerprint density at radius 2 is 2.04 bits per heavy atom. The molecule has 0 unspecified atom stereocenters. The number of carbonyl (C=O) groups is 2. The summed E-state index contributed by atoms with van der Waals surface area (Å²) in [7, 11) is 1.69. The van der Waals surface area contributed by atoms with Gasteiger partial charge in [-0.1, -0.05) is 18.2 Å². The molecule has 1 heterocycles. The number of hydrogen-bond acceptors (Lipinski definition) is 3. The molecular formula is C17H20N4O2. The van der Waals surface area contributed by atoms with Crippen molar-refractivity contribution < 1.29 is 9.59 Å². The van der Waals surface area contributed by atoms with Crippen LogP contribution in [0.1, 0.15) is 11.1 Å². The van der Waals surface area contributed by atoms with Gasteiger partial charge in [-0.25, -0.2) is 4.79 Å². The van der Waals surface area contributed by atoms with Gasteiger partial charge >= 0.3 is 6.03 Å². The molecule has 6 nitrogen and oxygen atoms in total. The topological polar surface area (TPSA) is 74.3 Å². The molecule has 0 aliphatic heterocycles. The Bertz CT molecular complexity index is 673. The molecule has 0 radical (unpaired) electrons. The highest BCUT2D eigenvalue weighted by Crippen LogP contribution is 2.09. The first-order valence-corrected chi connectivity index (χ1v) is 7.29. The van der Waals surface area contributed by atoms with E-state index in [4.69, 9.17) is 0 Å². The fourth-order valence-corrected chi connectivity index (χ4v) is 2.04. The average Bonchev–Trinajstić information content (AvgIpc) is 2.53. The number of anilines is 1. The molecule has 0 saturated carbocycles. The van der Waals surface area contributed by atoms with Gasteiger partial charge in [-0.2, -0.15) is 0 Å². The molecule has 3 amide bonds. The molecule has 0 aliphatic rings. The zero-order chi connectivity index (χ0) is 16.7. The Morgan fingerprint density at radius 3 is 2.74 bits per heavy atom. The number of rotatable bonds is 5. The van der Waals surface area contributed by atoms with E-state index < -0.39 is 6.03 Å². The Balaban J connectivity index is 1.78. The summed E-state index contributed by atoms with van der Waals surface area (Å²) in [5, 5.41) is 5.26. The van der Waals surface area contributed by atoms with Crippen molar-refractivity contribution in [2.45, 2.75) is 13.5 Å². The Hall–Kier alpha value is -2.89. The molecule has 0 spiro atoms. The van der Waals surface area contributed by atoms with Crippen molar-refractivity contribution >= 4 is 17.6 Å². The maximum Gasteiger partial charge on any atom is 0.319 e.